The van der Waals surface area contributed by atoms with Crippen LogP contribution in [0, 0.1) is 0 Å². The van der Waals surface area contributed by atoms with Crippen molar-refractivity contribution < 1.29 is 32.6 Å². The quantitative estimate of drug-likeness (QED) is 0.405. The van der Waals surface area contributed by atoms with Gasteiger partial charge in [0.1, 0.15) is 0 Å². The van der Waals surface area contributed by atoms with E-state index in [1.54, 1.807) is 43.3 Å². The Bertz CT molecular complexity index is 734. The van der Waals surface area contributed by atoms with Crippen molar-refractivity contribution in [1.82, 2.24) is 4.31 Å². The summed E-state index contributed by atoms with van der Waals surface area (Å²) >= 11 is 1.29. The summed E-state index contributed by atoms with van der Waals surface area (Å²) in [4.78, 5) is 11.4. The molecule has 0 aliphatic rings. The van der Waals surface area contributed by atoms with Crippen LogP contribution in [0.4, 0.5) is 0 Å². The zero-order chi connectivity index (χ0) is 17.6. The Morgan fingerprint density at radius 1 is 1.22 bits per heavy atom. The first-order valence-corrected chi connectivity index (χ1v) is 10.1. The molecule has 0 radical (unpaired) electrons. The molecule has 0 aliphatic carbocycles. The number of Topliss-reactive ketones (excluding diaryl/α,β-unsaturated/α-hetero) is 1. The fraction of sp³-hybridized carbons (Fsp3) is 0.294. The third-order valence-electron chi connectivity index (χ3n) is 3.25. The minimum absolute atomic E-state index is 0.0108. The van der Waals surface area contributed by atoms with Crippen LogP contribution >= 0.6 is 0 Å². The van der Waals surface area contributed by atoms with Crippen LogP contribution in [-0.4, -0.2) is 28.9 Å². The van der Waals surface area contributed by atoms with Crippen molar-refractivity contribution >= 4 is 19.7 Å². The fourth-order valence-electron chi connectivity index (χ4n) is 1.88. The van der Waals surface area contributed by atoms with Gasteiger partial charge in [-0.1, -0.05) is 0 Å². The van der Waals surface area contributed by atoms with Gasteiger partial charge in [-0.15, -0.1) is 0 Å². The molecular weight excluding hydrogens is 482 g/mol. The monoisotopic (exact) mass is 503 g/mol. The van der Waals surface area contributed by atoms with Gasteiger partial charge in [0.25, 0.3) is 0 Å². The summed E-state index contributed by atoms with van der Waals surface area (Å²) in [6.07, 6.45) is 3.31. The van der Waals surface area contributed by atoms with Gasteiger partial charge in [0.2, 0.25) is 0 Å². The molecule has 0 fully saturated rings. The van der Waals surface area contributed by atoms with Gasteiger partial charge in [0.05, 0.1) is 0 Å². The Balaban J connectivity index is 2.96. The topological polar surface area (TPSA) is 54.5 Å². The number of carbonyl (C=O) groups is 1. The predicted octanol–water partition coefficient (Wildman–Crippen LogP) is 2.85. The molecule has 1 rings (SSSR count). The van der Waals surface area contributed by atoms with Crippen LogP contribution in [-0.2, 0) is 35.9 Å². The van der Waals surface area contributed by atoms with Crippen molar-refractivity contribution in [3.63, 3.8) is 0 Å². The second-order valence-corrected chi connectivity index (χ2v) is 9.40. The molecule has 124 valence electrons. The third kappa shape index (κ3) is 5.76. The first kappa shape index (κ1) is 19.9. The number of nitrogens with zero attached hydrogens (tertiary/aromatic N) is 1. The molecular formula is C17H21NO3SW. The molecule has 4 nitrogen and oxygen atoms in total. The van der Waals surface area contributed by atoms with Crippen LogP contribution in [0.2, 0.25) is 0 Å². The van der Waals surface area contributed by atoms with Gasteiger partial charge < -0.3 is 0 Å². The van der Waals surface area contributed by atoms with E-state index in [4.69, 9.17) is 0 Å². The summed E-state index contributed by atoms with van der Waals surface area (Å²) in [7, 11) is -3.59. The molecule has 0 saturated heterocycles. The molecule has 0 aliphatic heterocycles. The molecule has 0 unspecified atom stereocenters. The van der Waals surface area contributed by atoms with Gasteiger partial charge in [0, 0.05) is 0 Å². The van der Waals surface area contributed by atoms with Gasteiger partial charge >= 0.3 is 138 Å². The first-order chi connectivity index (χ1) is 10.7. The number of hydrogen-bond donors (Lipinski definition) is 0. The van der Waals surface area contributed by atoms with Gasteiger partial charge in [-0.25, -0.2) is 0 Å². The van der Waals surface area contributed by atoms with Crippen LogP contribution < -0.4 is 0 Å². The summed E-state index contributed by atoms with van der Waals surface area (Å²) in [6, 6.07) is 6.98. The van der Waals surface area contributed by atoms with Crippen molar-refractivity contribution in [3.8, 4) is 0 Å². The zero-order valence-corrected chi connectivity index (χ0v) is 17.3. The average Bonchev–Trinajstić information content (AvgIpc) is 2.50. The molecule has 0 bridgehead atoms. The molecule has 0 N–H and O–H groups in total. The molecule has 0 amide bonds. The standard InChI is InChI=1S/C17H21NO3S.W/c1-5-7-8-14(3)22(20,21)18(6-2)13-16-9-11-17(12-10-16)15(4)19;/h7-12H,3,6,13H2,1-2,4H3;. The van der Waals surface area contributed by atoms with E-state index in [0.717, 1.165) is 9.46 Å². The summed E-state index contributed by atoms with van der Waals surface area (Å²) in [5, 5.41) is 0. The second-order valence-electron chi connectivity index (χ2n) is 5.09. The van der Waals surface area contributed by atoms with Crippen molar-refractivity contribution in [2.24, 2.45) is 0 Å². The van der Waals surface area contributed by atoms with E-state index >= 15 is 0 Å². The Kier molecular flexibility index (Phi) is 7.46. The molecule has 0 saturated carbocycles. The Morgan fingerprint density at radius 2 is 1.78 bits per heavy atom. The number of sulfonamides is 1. The Hall–Kier alpha value is -1.16. The van der Waals surface area contributed by atoms with Gasteiger partial charge in [-0.3, -0.25) is 4.79 Å². The van der Waals surface area contributed by atoms with Gasteiger partial charge in [0.15, 0.2) is 0 Å². The van der Waals surface area contributed by atoms with Crippen molar-refractivity contribution in [2.45, 2.75) is 27.3 Å². The SMILES string of the molecule is C=C(C=C[C](C)=[W])S(=O)(=O)N(CC)Cc1ccc(C(C)=O)cc1. The van der Waals surface area contributed by atoms with Crippen molar-refractivity contribution in [3.05, 3.63) is 59.0 Å². The number of hydrogen-bond acceptors (Lipinski definition) is 3. The number of carbonyl (C=O) groups excluding carboxylic acids is 1. The molecule has 6 heteroatoms. The molecule has 23 heavy (non-hydrogen) atoms. The van der Waals surface area contributed by atoms with E-state index in [0.29, 0.717) is 12.1 Å². The summed E-state index contributed by atoms with van der Waals surface area (Å²) in [5.41, 5.74) is 1.45. The van der Waals surface area contributed by atoms with E-state index in [-0.39, 0.29) is 17.2 Å². The third-order valence-corrected chi connectivity index (χ3v) is 5.60. The zero-order valence-electron chi connectivity index (χ0n) is 13.6. The van der Waals surface area contributed by atoms with Gasteiger partial charge in [-0.05, 0) is 6.92 Å². The van der Waals surface area contributed by atoms with E-state index in [1.165, 1.54) is 30.6 Å². The van der Waals surface area contributed by atoms with Crippen LogP contribution in [0.3, 0.4) is 0 Å². The predicted molar refractivity (Wildman–Crippen MR) is 90.4 cm³/mol. The van der Waals surface area contributed by atoms with Crippen molar-refractivity contribution in [1.29, 1.82) is 0 Å². The van der Waals surface area contributed by atoms with E-state index < -0.39 is 10.0 Å². The molecule has 0 aromatic heterocycles. The molecule has 1 aromatic carbocycles. The summed E-state index contributed by atoms with van der Waals surface area (Å²) in [5.74, 6) is -0.0108. The minimum atomic E-state index is -3.59. The fourth-order valence-corrected chi connectivity index (χ4v) is 3.35. The molecule has 0 atom stereocenters. The van der Waals surface area contributed by atoms with E-state index in [1.807, 2.05) is 6.92 Å². The number of ketones is 1. The Labute approximate surface area is 149 Å². The maximum atomic E-state index is 12.6. The molecule has 0 heterocycles. The van der Waals surface area contributed by atoms with Crippen molar-refractivity contribution in [2.75, 3.05) is 6.54 Å². The van der Waals surface area contributed by atoms with Crippen LogP contribution in [0.1, 0.15) is 36.7 Å². The number of allylic oxidation sites excluding steroid dienone is 2. The number of rotatable bonds is 8. The molecule has 1 aromatic rings. The summed E-state index contributed by atoms with van der Waals surface area (Å²) in [6.45, 7) is 9.51. The summed E-state index contributed by atoms with van der Waals surface area (Å²) < 4.78 is 27.6. The first-order valence-electron chi connectivity index (χ1n) is 7.16. The number of benzene rings is 1. The maximum absolute atomic E-state index is 12.6. The van der Waals surface area contributed by atoms with Gasteiger partial charge in [-0.2, -0.15) is 0 Å². The van der Waals surface area contributed by atoms with Crippen LogP contribution in [0.5, 0.6) is 0 Å². The average molecular weight is 503 g/mol. The molecule has 0 spiro atoms. The van der Waals surface area contributed by atoms with E-state index in [2.05, 4.69) is 6.58 Å². The second kappa shape index (κ2) is 8.62. The normalized spacial score (nSPS) is 11.8. The van der Waals surface area contributed by atoms with Crippen LogP contribution in [0.25, 0.3) is 0 Å². The Morgan fingerprint density at radius 3 is 2.22 bits per heavy atom. The van der Waals surface area contributed by atoms with Crippen LogP contribution in [0.15, 0.2) is 47.9 Å². The van der Waals surface area contributed by atoms with E-state index in [9.17, 15) is 13.2 Å².